The summed E-state index contributed by atoms with van der Waals surface area (Å²) in [5.74, 6) is -0.166. The van der Waals surface area contributed by atoms with Gasteiger partial charge in [0, 0.05) is 50.7 Å². The molecule has 3 aromatic rings. The van der Waals surface area contributed by atoms with Crippen molar-refractivity contribution in [2.45, 2.75) is 88.0 Å². The van der Waals surface area contributed by atoms with Gasteiger partial charge in [0.05, 0.1) is 23.3 Å². The minimum absolute atomic E-state index is 0.0592. The first-order chi connectivity index (χ1) is 20.6. The maximum Gasteiger partial charge on any atom is 0.335 e. The van der Waals surface area contributed by atoms with Gasteiger partial charge in [-0.25, -0.2) is 4.79 Å². The van der Waals surface area contributed by atoms with Crippen LogP contribution in [-0.2, 0) is 28.8 Å². The van der Waals surface area contributed by atoms with E-state index in [1.54, 1.807) is 0 Å². The number of hydrogen-bond acceptors (Lipinski definition) is 3. The number of carbonyl (C=O) groups excluding carboxylic acids is 1. The summed E-state index contributed by atoms with van der Waals surface area (Å²) in [7, 11) is 0. The number of ether oxygens (including phenoxy) is 1. The molecule has 43 heavy (non-hydrogen) atoms. The number of aromatic amines is 3. The minimum atomic E-state index is -0.487. The molecule has 0 amide bonds. The fraction of sp³-hybridized carbons (Fsp3) is 0.432. The van der Waals surface area contributed by atoms with Crippen molar-refractivity contribution in [2.75, 3.05) is 6.61 Å². The van der Waals surface area contributed by atoms with Crippen LogP contribution in [0.4, 0.5) is 0 Å². The molecule has 3 aromatic heterocycles. The number of allylic oxidation sites excluding steroid dienone is 4. The van der Waals surface area contributed by atoms with Crippen LogP contribution in [0.3, 0.4) is 0 Å². The van der Waals surface area contributed by atoms with Crippen molar-refractivity contribution < 1.29 is 9.53 Å². The van der Waals surface area contributed by atoms with E-state index in [2.05, 4.69) is 100.0 Å². The molecule has 2 aliphatic heterocycles. The minimum Gasteiger partial charge on any atom is -0.463 e. The molecule has 226 valence electrons. The fourth-order valence-electron chi connectivity index (χ4n) is 8.10. The molecule has 0 radical (unpaired) electrons. The van der Waals surface area contributed by atoms with Crippen molar-refractivity contribution in [3.05, 3.63) is 89.9 Å². The van der Waals surface area contributed by atoms with Crippen molar-refractivity contribution in [3.63, 3.8) is 0 Å². The maximum atomic E-state index is 13.6. The van der Waals surface area contributed by atoms with Crippen molar-refractivity contribution in [1.29, 1.82) is 0 Å². The summed E-state index contributed by atoms with van der Waals surface area (Å²) in [5, 5.41) is 6.17. The van der Waals surface area contributed by atoms with Gasteiger partial charge in [0.15, 0.2) is 0 Å². The lowest BCUT2D eigenvalue weighted by Gasteiger charge is -2.31. The fourth-order valence-corrected chi connectivity index (χ4v) is 8.10. The number of esters is 1. The highest BCUT2D eigenvalue weighted by molar-refractivity contribution is 6.00. The second-order valence-corrected chi connectivity index (χ2v) is 12.3. The Balaban J connectivity index is 1.75. The van der Waals surface area contributed by atoms with E-state index < -0.39 is 5.41 Å². The molecule has 1 fully saturated rings. The first kappa shape index (κ1) is 29.2. The van der Waals surface area contributed by atoms with Crippen LogP contribution in [0.25, 0.3) is 23.8 Å². The Morgan fingerprint density at radius 1 is 0.767 bits per heavy atom. The van der Waals surface area contributed by atoms with Crippen LogP contribution in [0.1, 0.15) is 104 Å². The van der Waals surface area contributed by atoms with E-state index in [0.29, 0.717) is 6.61 Å². The van der Waals surface area contributed by atoms with E-state index in [1.165, 1.54) is 33.4 Å². The zero-order valence-electron chi connectivity index (χ0n) is 27.2. The first-order valence-corrected chi connectivity index (χ1v) is 16.1. The number of hydrogen-bond donors (Lipinski definition) is 4. The van der Waals surface area contributed by atoms with Crippen molar-refractivity contribution >= 4 is 29.8 Å². The smallest absolute Gasteiger partial charge is 0.335 e. The van der Waals surface area contributed by atoms with Gasteiger partial charge in [-0.05, 0) is 111 Å². The number of H-pyrrole nitrogens is 3. The number of nitrogens with one attached hydrogen (secondary N) is 4. The monoisotopic (exact) mass is 578 g/mol. The normalized spacial score (nSPS) is 20.4. The molecule has 5 heterocycles. The van der Waals surface area contributed by atoms with Crippen LogP contribution in [-0.4, -0.2) is 27.5 Å². The lowest BCUT2D eigenvalue weighted by atomic mass is 9.70. The van der Waals surface area contributed by atoms with Gasteiger partial charge in [-0.1, -0.05) is 34.6 Å². The Labute approximate surface area is 255 Å². The van der Waals surface area contributed by atoms with Gasteiger partial charge in [0.25, 0.3) is 0 Å². The maximum absolute atomic E-state index is 13.6. The molecule has 2 unspecified atom stereocenters. The Morgan fingerprint density at radius 2 is 1.42 bits per heavy atom. The van der Waals surface area contributed by atoms with E-state index in [9.17, 15) is 4.79 Å². The lowest BCUT2D eigenvalue weighted by Crippen LogP contribution is -2.31. The Morgan fingerprint density at radius 3 is 2.07 bits per heavy atom. The third-order valence-electron chi connectivity index (χ3n) is 10.5. The predicted octanol–water partition coefficient (Wildman–Crippen LogP) is 6.15. The molecule has 2 atom stereocenters. The van der Waals surface area contributed by atoms with Gasteiger partial charge in [0.2, 0.25) is 0 Å². The molecular weight excluding hydrogens is 532 g/mol. The number of rotatable bonds is 6. The highest BCUT2D eigenvalue weighted by atomic mass is 16.5. The Kier molecular flexibility index (Phi) is 7.22. The SMILES string of the molecule is CCOC(=O)C1=CC2=C3NC(=Cc4[nH]c(c(C)c4CC)C=c4[nH]c(c(C)c4CC)=Cc4[nH]c2c(C)c4CC)C(C)C13CC. The van der Waals surface area contributed by atoms with Gasteiger partial charge in [-0.2, -0.15) is 0 Å². The summed E-state index contributed by atoms with van der Waals surface area (Å²) in [6, 6.07) is 0. The third-order valence-corrected chi connectivity index (χ3v) is 10.5. The molecule has 3 aliphatic rings. The first-order valence-electron chi connectivity index (χ1n) is 16.1. The number of fused-ring (bicyclic) bond motifs is 8. The molecule has 0 spiro atoms. The summed E-state index contributed by atoms with van der Waals surface area (Å²) in [4.78, 5) is 25.0. The Bertz CT molecular complexity index is 1870. The van der Waals surface area contributed by atoms with Gasteiger partial charge >= 0.3 is 5.97 Å². The molecule has 1 saturated heterocycles. The number of carbonyl (C=O) groups is 1. The predicted molar refractivity (Wildman–Crippen MR) is 176 cm³/mol. The zero-order valence-corrected chi connectivity index (χ0v) is 27.2. The van der Waals surface area contributed by atoms with E-state index >= 15 is 0 Å². The molecule has 0 aromatic carbocycles. The standard InChI is InChI=1S/C37H46N4O2/c1-10-23-19(6)29-17-33-25(12-3)21(8)34(40-33)26-15-27(36(42)43-14-5)37(13-4)22(9)30(41-35(26)37)18-32-24(11-2)20(7)28(39-32)16-31(23)38-29/h15-18,22,38-41H,10-14H2,1-9H3. The second-order valence-electron chi connectivity index (χ2n) is 12.3. The van der Waals surface area contributed by atoms with Crippen molar-refractivity contribution in [3.8, 4) is 0 Å². The molecular formula is C37H46N4O2. The van der Waals surface area contributed by atoms with Crippen LogP contribution < -0.4 is 16.0 Å². The third kappa shape index (κ3) is 4.09. The Hall–Kier alpha value is -3.93. The van der Waals surface area contributed by atoms with Gasteiger partial charge in [0.1, 0.15) is 0 Å². The van der Waals surface area contributed by atoms with E-state index in [4.69, 9.17) is 4.74 Å². The van der Waals surface area contributed by atoms with E-state index in [-0.39, 0.29) is 11.9 Å². The highest BCUT2D eigenvalue weighted by Crippen LogP contribution is 2.59. The lowest BCUT2D eigenvalue weighted by molar-refractivity contribution is -0.139. The summed E-state index contributed by atoms with van der Waals surface area (Å²) < 4.78 is 5.68. The van der Waals surface area contributed by atoms with Crippen LogP contribution >= 0.6 is 0 Å². The summed E-state index contributed by atoms with van der Waals surface area (Å²) in [6.45, 7) is 20.0. The largest absolute Gasteiger partial charge is 0.463 e. The van der Waals surface area contributed by atoms with Gasteiger partial charge in [-0.15, -0.1) is 0 Å². The molecule has 4 N–H and O–H groups in total. The summed E-state index contributed by atoms with van der Waals surface area (Å²) >= 11 is 0. The topological polar surface area (TPSA) is 85.7 Å². The van der Waals surface area contributed by atoms with Gasteiger partial charge in [-0.3, -0.25) is 0 Å². The van der Waals surface area contributed by atoms with Crippen LogP contribution in [0.2, 0.25) is 0 Å². The molecule has 1 aliphatic carbocycles. The summed E-state index contributed by atoms with van der Waals surface area (Å²) in [6.07, 6.45) is 12.5. The van der Waals surface area contributed by atoms with Crippen molar-refractivity contribution in [1.82, 2.24) is 20.3 Å². The molecule has 6 rings (SSSR count). The van der Waals surface area contributed by atoms with Gasteiger partial charge < -0.3 is 25.0 Å². The average Bonchev–Trinajstić information content (AvgIpc) is 3.72. The quantitative estimate of drug-likeness (QED) is 0.265. The van der Waals surface area contributed by atoms with Crippen molar-refractivity contribution in [2.24, 2.45) is 11.3 Å². The van der Waals surface area contributed by atoms with E-state index in [1.807, 2.05) is 6.92 Å². The van der Waals surface area contributed by atoms with Crippen LogP contribution in [0.15, 0.2) is 23.0 Å². The van der Waals surface area contributed by atoms with Crippen LogP contribution in [0.5, 0.6) is 0 Å². The molecule has 0 saturated carbocycles. The molecule has 6 nitrogen and oxygen atoms in total. The molecule has 6 heteroatoms. The summed E-state index contributed by atoms with van der Waals surface area (Å²) in [5.41, 5.74) is 15.7. The average molecular weight is 579 g/mol. The molecule has 8 bridgehead atoms. The van der Waals surface area contributed by atoms with E-state index in [0.717, 1.165) is 81.7 Å². The number of aromatic nitrogens is 3. The second kappa shape index (κ2) is 10.7. The zero-order chi connectivity index (χ0) is 30.8. The highest BCUT2D eigenvalue weighted by Gasteiger charge is 2.55. The van der Waals surface area contributed by atoms with Crippen LogP contribution in [0, 0.1) is 32.1 Å².